The van der Waals surface area contributed by atoms with Crippen molar-refractivity contribution in [1.82, 2.24) is 20.1 Å². The van der Waals surface area contributed by atoms with E-state index in [2.05, 4.69) is 15.4 Å². The number of carbonyl (C=O) groups excluding carboxylic acids is 1. The molecule has 1 fully saturated rings. The Kier molecular flexibility index (Phi) is 4.59. The molecule has 1 aromatic heterocycles. The van der Waals surface area contributed by atoms with Crippen molar-refractivity contribution in [1.29, 1.82) is 0 Å². The number of halogens is 2. The number of hydrogen-bond donors (Lipinski definition) is 1. The summed E-state index contributed by atoms with van der Waals surface area (Å²) in [5.74, 6) is -1.34. The highest BCUT2D eigenvalue weighted by molar-refractivity contribution is 5.79. The molecule has 3 rings (SSSR count). The fraction of sp³-hybridized carbons (Fsp3) is 0.471. The first-order valence-corrected chi connectivity index (χ1v) is 8.10. The van der Waals surface area contributed by atoms with Crippen LogP contribution in [0.15, 0.2) is 30.9 Å². The average Bonchev–Trinajstić information content (AvgIpc) is 3.24. The summed E-state index contributed by atoms with van der Waals surface area (Å²) in [6.07, 6.45) is 5.92. The Hall–Kier alpha value is -2.31. The van der Waals surface area contributed by atoms with E-state index >= 15 is 0 Å². The number of carbonyl (C=O) groups is 1. The second kappa shape index (κ2) is 6.67. The van der Waals surface area contributed by atoms with Crippen molar-refractivity contribution in [2.24, 2.45) is 0 Å². The van der Waals surface area contributed by atoms with Crippen molar-refractivity contribution in [2.75, 3.05) is 6.54 Å². The highest BCUT2D eigenvalue weighted by Gasteiger charge is 2.40. The molecule has 1 aliphatic carbocycles. The fourth-order valence-electron chi connectivity index (χ4n) is 3.51. The van der Waals surface area contributed by atoms with Crippen molar-refractivity contribution < 1.29 is 13.6 Å². The zero-order valence-electron chi connectivity index (χ0n) is 13.5. The standard InChI is InChI=1S/C17H20F2N4O/c1-12(23-11-20-10-22-23)16(24)21-9-17(7-2-3-8-17)15-13(18)5-4-6-14(15)19/h4-6,10-12H,2-3,7-9H2,1H3,(H,21,24)/t12-/m0/s1. The third-order valence-electron chi connectivity index (χ3n) is 4.87. The molecule has 5 nitrogen and oxygen atoms in total. The first-order valence-electron chi connectivity index (χ1n) is 8.10. The van der Waals surface area contributed by atoms with Crippen LogP contribution < -0.4 is 5.32 Å². The minimum Gasteiger partial charge on any atom is -0.353 e. The van der Waals surface area contributed by atoms with Crippen molar-refractivity contribution in [3.05, 3.63) is 48.1 Å². The lowest BCUT2D eigenvalue weighted by atomic mass is 9.78. The van der Waals surface area contributed by atoms with Crippen LogP contribution in [-0.2, 0) is 10.2 Å². The van der Waals surface area contributed by atoms with Gasteiger partial charge in [0.05, 0.1) is 0 Å². The van der Waals surface area contributed by atoms with Crippen LogP contribution in [0.2, 0.25) is 0 Å². The summed E-state index contributed by atoms with van der Waals surface area (Å²) in [6.45, 7) is 1.91. The van der Waals surface area contributed by atoms with E-state index < -0.39 is 23.1 Å². The zero-order chi connectivity index (χ0) is 17.2. The number of nitrogens with zero attached hydrogens (tertiary/aromatic N) is 3. The Labute approximate surface area is 139 Å². The van der Waals surface area contributed by atoms with Crippen LogP contribution in [-0.4, -0.2) is 27.2 Å². The molecule has 1 aliphatic rings. The van der Waals surface area contributed by atoms with Gasteiger partial charge in [-0.2, -0.15) is 5.10 Å². The van der Waals surface area contributed by atoms with Gasteiger partial charge >= 0.3 is 0 Å². The minimum atomic E-state index is -0.687. The molecule has 128 valence electrons. The van der Waals surface area contributed by atoms with Crippen LogP contribution in [0.4, 0.5) is 8.78 Å². The Morgan fingerprint density at radius 3 is 2.58 bits per heavy atom. The molecule has 1 N–H and O–H groups in total. The second-order valence-corrected chi connectivity index (χ2v) is 6.35. The predicted molar refractivity (Wildman–Crippen MR) is 84.2 cm³/mol. The van der Waals surface area contributed by atoms with E-state index in [9.17, 15) is 13.6 Å². The smallest absolute Gasteiger partial charge is 0.244 e. The molecule has 0 radical (unpaired) electrons. The van der Waals surface area contributed by atoms with Crippen LogP contribution in [0.25, 0.3) is 0 Å². The summed E-state index contributed by atoms with van der Waals surface area (Å²) in [7, 11) is 0. The summed E-state index contributed by atoms with van der Waals surface area (Å²) >= 11 is 0. The lowest BCUT2D eigenvalue weighted by Gasteiger charge is -2.31. The summed E-state index contributed by atoms with van der Waals surface area (Å²) in [5, 5.41) is 6.79. The summed E-state index contributed by atoms with van der Waals surface area (Å²) < 4.78 is 30.0. The molecule has 24 heavy (non-hydrogen) atoms. The van der Waals surface area contributed by atoms with Gasteiger partial charge in [-0.15, -0.1) is 0 Å². The first-order chi connectivity index (χ1) is 11.5. The molecule has 0 bridgehead atoms. The van der Waals surface area contributed by atoms with Gasteiger partial charge in [0.25, 0.3) is 0 Å². The second-order valence-electron chi connectivity index (χ2n) is 6.35. The van der Waals surface area contributed by atoms with Gasteiger partial charge in [-0.1, -0.05) is 18.9 Å². The average molecular weight is 334 g/mol. The van der Waals surface area contributed by atoms with E-state index in [4.69, 9.17) is 0 Å². The van der Waals surface area contributed by atoms with Crippen molar-refractivity contribution in [3.8, 4) is 0 Å². The van der Waals surface area contributed by atoms with Crippen molar-refractivity contribution in [2.45, 2.75) is 44.1 Å². The third kappa shape index (κ3) is 3.02. The van der Waals surface area contributed by atoms with E-state index in [0.717, 1.165) is 12.8 Å². The molecule has 0 unspecified atom stereocenters. The summed E-state index contributed by atoms with van der Waals surface area (Å²) in [5.41, 5.74) is -0.594. The zero-order valence-corrected chi connectivity index (χ0v) is 13.5. The molecule has 7 heteroatoms. The van der Waals surface area contributed by atoms with Gasteiger partial charge in [0.15, 0.2) is 0 Å². The molecular weight excluding hydrogens is 314 g/mol. The largest absolute Gasteiger partial charge is 0.353 e. The Balaban J connectivity index is 1.79. The van der Waals surface area contributed by atoms with Gasteiger partial charge in [-0.3, -0.25) is 4.79 Å². The van der Waals surface area contributed by atoms with E-state index in [1.54, 1.807) is 6.92 Å². The molecular formula is C17H20F2N4O. The molecule has 1 saturated carbocycles. The summed E-state index contributed by atoms with van der Waals surface area (Å²) in [6, 6.07) is 3.38. The maximum Gasteiger partial charge on any atom is 0.244 e. The predicted octanol–water partition coefficient (Wildman–Crippen LogP) is 2.75. The summed E-state index contributed by atoms with van der Waals surface area (Å²) in [4.78, 5) is 16.2. The molecule has 1 heterocycles. The normalized spacial score (nSPS) is 17.6. The third-order valence-corrected chi connectivity index (χ3v) is 4.87. The van der Waals surface area contributed by atoms with Gasteiger partial charge < -0.3 is 5.32 Å². The molecule has 0 saturated heterocycles. The number of hydrogen-bond acceptors (Lipinski definition) is 3. The lowest BCUT2D eigenvalue weighted by Crippen LogP contribution is -2.42. The van der Waals surface area contributed by atoms with E-state index in [0.29, 0.717) is 12.8 Å². The topological polar surface area (TPSA) is 59.8 Å². The molecule has 2 aromatic rings. The van der Waals surface area contributed by atoms with Gasteiger partial charge in [-0.05, 0) is 31.9 Å². The van der Waals surface area contributed by atoms with Gasteiger partial charge in [-0.25, -0.2) is 18.4 Å². The van der Waals surface area contributed by atoms with Gasteiger partial charge in [0.1, 0.15) is 30.3 Å². The lowest BCUT2D eigenvalue weighted by molar-refractivity contribution is -0.124. The molecule has 0 aliphatic heterocycles. The Bertz CT molecular complexity index is 691. The van der Waals surface area contributed by atoms with Crippen molar-refractivity contribution in [3.63, 3.8) is 0 Å². The highest BCUT2D eigenvalue weighted by atomic mass is 19.1. The number of rotatable bonds is 5. The maximum atomic E-state index is 14.3. The Morgan fingerprint density at radius 1 is 1.33 bits per heavy atom. The van der Waals surface area contributed by atoms with E-state index in [1.807, 2.05) is 0 Å². The quantitative estimate of drug-likeness (QED) is 0.915. The highest BCUT2D eigenvalue weighted by Crippen LogP contribution is 2.42. The maximum absolute atomic E-state index is 14.3. The number of amides is 1. The van der Waals surface area contributed by atoms with Crippen LogP contribution in [0.1, 0.15) is 44.2 Å². The van der Waals surface area contributed by atoms with Gasteiger partial charge in [0.2, 0.25) is 5.91 Å². The van der Waals surface area contributed by atoms with Gasteiger partial charge in [0, 0.05) is 17.5 Å². The molecule has 0 spiro atoms. The fourth-order valence-corrected chi connectivity index (χ4v) is 3.51. The number of nitrogens with one attached hydrogen (secondary N) is 1. The van der Waals surface area contributed by atoms with Crippen LogP contribution in [0, 0.1) is 11.6 Å². The Morgan fingerprint density at radius 2 is 2.00 bits per heavy atom. The molecule has 1 aromatic carbocycles. The molecule has 1 amide bonds. The van der Waals surface area contributed by atoms with Crippen LogP contribution >= 0.6 is 0 Å². The van der Waals surface area contributed by atoms with Crippen molar-refractivity contribution >= 4 is 5.91 Å². The van der Waals surface area contributed by atoms with Crippen LogP contribution in [0.5, 0.6) is 0 Å². The van der Waals surface area contributed by atoms with Crippen LogP contribution in [0.3, 0.4) is 0 Å². The monoisotopic (exact) mass is 334 g/mol. The number of benzene rings is 1. The first kappa shape index (κ1) is 16.5. The number of aromatic nitrogens is 3. The van der Waals surface area contributed by atoms with E-state index in [-0.39, 0.29) is 18.0 Å². The molecule has 1 atom stereocenters. The van der Waals surface area contributed by atoms with E-state index in [1.165, 1.54) is 35.5 Å². The minimum absolute atomic E-state index is 0.0937. The SMILES string of the molecule is C[C@@H](C(=O)NCC1(c2c(F)cccc2F)CCCC1)n1cncn1.